The molecule has 0 aliphatic heterocycles. The van der Waals surface area contributed by atoms with Gasteiger partial charge in [0.25, 0.3) is 0 Å². The number of rotatable bonds is 4. The van der Waals surface area contributed by atoms with Crippen LogP contribution >= 0.6 is 0 Å². The van der Waals surface area contributed by atoms with Crippen molar-refractivity contribution in [3.63, 3.8) is 0 Å². The Morgan fingerprint density at radius 2 is 1.76 bits per heavy atom. The molecule has 1 unspecified atom stereocenters. The third-order valence-corrected chi connectivity index (χ3v) is 3.12. The van der Waals surface area contributed by atoms with Crippen LogP contribution in [-0.4, -0.2) is 0 Å². The zero-order valence-corrected chi connectivity index (χ0v) is 10.6. The molecule has 0 saturated carbocycles. The molecule has 0 bridgehead atoms. The minimum atomic E-state index is 0.222. The maximum Gasteiger partial charge on any atom is 0.120 e. The van der Waals surface area contributed by atoms with Gasteiger partial charge in [-0.1, -0.05) is 24.3 Å². The number of hydrogen-bond donors (Lipinski definition) is 1. The zero-order chi connectivity index (χ0) is 12.3. The lowest BCUT2D eigenvalue weighted by Crippen LogP contribution is -2.22. The summed E-state index contributed by atoms with van der Waals surface area (Å²) in [6.07, 6.45) is 1.71. The number of benzene rings is 1. The Morgan fingerprint density at radius 3 is 2.41 bits per heavy atom. The summed E-state index contributed by atoms with van der Waals surface area (Å²) in [7, 11) is 0. The molecule has 1 N–H and O–H groups in total. The standard InChI is InChI=1S/C15H19NO/c1-11-7-4-5-8-14(11)12(2)16-13(3)15-9-6-10-17-15/h4-10,12-13,16H,1-3H3/t12-,13?/m0/s1. The topological polar surface area (TPSA) is 25.2 Å². The SMILES string of the molecule is Cc1ccccc1[C@H](C)NC(C)c1ccco1. The second-order valence-electron chi connectivity index (χ2n) is 4.48. The average Bonchev–Trinajstić information content (AvgIpc) is 2.82. The second-order valence-corrected chi connectivity index (χ2v) is 4.48. The summed E-state index contributed by atoms with van der Waals surface area (Å²) in [6.45, 7) is 6.44. The number of nitrogens with one attached hydrogen (secondary N) is 1. The van der Waals surface area contributed by atoms with E-state index in [0.717, 1.165) is 5.76 Å². The highest BCUT2D eigenvalue weighted by molar-refractivity contribution is 5.28. The summed E-state index contributed by atoms with van der Waals surface area (Å²) >= 11 is 0. The molecule has 0 amide bonds. The lowest BCUT2D eigenvalue weighted by molar-refractivity contribution is 0.402. The summed E-state index contributed by atoms with van der Waals surface area (Å²) in [5.41, 5.74) is 2.66. The van der Waals surface area contributed by atoms with E-state index in [1.165, 1.54) is 11.1 Å². The van der Waals surface area contributed by atoms with Crippen molar-refractivity contribution < 1.29 is 4.42 Å². The van der Waals surface area contributed by atoms with Crippen LogP contribution in [0.5, 0.6) is 0 Å². The molecule has 2 atom stereocenters. The van der Waals surface area contributed by atoms with Crippen LogP contribution in [0.15, 0.2) is 47.1 Å². The molecule has 0 radical (unpaired) electrons. The first-order valence-electron chi connectivity index (χ1n) is 6.03. The van der Waals surface area contributed by atoms with Crippen molar-refractivity contribution in [3.05, 3.63) is 59.5 Å². The molecule has 1 aromatic carbocycles. The molecule has 1 heterocycles. The molecule has 0 aliphatic rings. The molecule has 2 heteroatoms. The van der Waals surface area contributed by atoms with Crippen LogP contribution in [0, 0.1) is 6.92 Å². The quantitative estimate of drug-likeness (QED) is 0.857. The Hall–Kier alpha value is -1.54. The largest absolute Gasteiger partial charge is 0.468 e. The van der Waals surface area contributed by atoms with E-state index in [4.69, 9.17) is 4.42 Å². The predicted octanol–water partition coefficient (Wildman–Crippen LogP) is 4.00. The number of furan rings is 1. The third-order valence-electron chi connectivity index (χ3n) is 3.12. The normalized spacial score (nSPS) is 14.5. The first-order chi connectivity index (χ1) is 8.18. The minimum absolute atomic E-state index is 0.222. The highest BCUT2D eigenvalue weighted by Crippen LogP contribution is 2.21. The van der Waals surface area contributed by atoms with Gasteiger partial charge in [0, 0.05) is 6.04 Å². The Morgan fingerprint density at radius 1 is 1.00 bits per heavy atom. The van der Waals surface area contributed by atoms with Gasteiger partial charge in [0.2, 0.25) is 0 Å². The Balaban J connectivity index is 2.07. The van der Waals surface area contributed by atoms with Gasteiger partial charge in [0.1, 0.15) is 5.76 Å². The van der Waals surface area contributed by atoms with Gasteiger partial charge in [-0.05, 0) is 44.0 Å². The van der Waals surface area contributed by atoms with Crippen molar-refractivity contribution >= 4 is 0 Å². The third kappa shape index (κ3) is 2.77. The van der Waals surface area contributed by atoms with Gasteiger partial charge >= 0.3 is 0 Å². The second kappa shape index (κ2) is 5.19. The van der Waals surface area contributed by atoms with Crippen LogP contribution in [0.3, 0.4) is 0 Å². The average molecular weight is 229 g/mol. The summed E-state index contributed by atoms with van der Waals surface area (Å²) in [6, 6.07) is 12.9. The molecule has 1 aromatic heterocycles. The fourth-order valence-corrected chi connectivity index (χ4v) is 2.16. The fourth-order valence-electron chi connectivity index (χ4n) is 2.16. The van der Waals surface area contributed by atoms with Crippen LogP contribution < -0.4 is 5.32 Å². The molecule has 17 heavy (non-hydrogen) atoms. The van der Waals surface area contributed by atoms with E-state index in [9.17, 15) is 0 Å². The van der Waals surface area contributed by atoms with Crippen LogP contribution in [0.4, 0.5) is 0 Å². The highest BCUT2D eigenvalue weighted by atomic mass is 16.3. The van der Waals surface area contributed by atoms with Gasteiger partial charge in [-0.25, -0.2) is 0 Å². The van der Waals surface area contributed by atoms with E-state index in [1.54, 1.807) is 6.26 Å². The Kier molecular flexibility index (Phi) is 3.64. The van der Waals surface area contributed by atoms with Gasteiger partial charge in [-0.15, -0.1) is 0 Å². The van der Waals surface area contributed by atoms with Gasteiger partial charge in [0.15, 0.2) is 0 Å². The molecule has 0 fully saturated rings. The molecule has 0 aliphatic carbocycles. The summed E-state index contributed by atoms with van der Waals surface area (Å²) in [5, 5.41) is 3.55. The smallest absolute Gasteiger partial charge is 0.120 e. The summed E-state index contributed by atoms with van der Waals surface area (Å²) in [4.78, 5) is 0. The molecular formula is C15H19NO. The highest BCUT2D eigenvalue weighted by Gasteiger charge is 2.13. The fraction of sp³-hybridized carbons (Fsp3) is 0.333. The van der Waals surface area contributed by atoms with Gasteiger partial charge in [-0.2, -0.15) is 0 Å². The summed E-state index contributed by atoms with van der Waals surface area (Å²) in [5.74, 6) is 0.977. The molecular weight excluding hydrogens is 210 g/mol. The monoisotopic (exact) mass is 229 g/mol. The molecule has 90 valence electrons. The van der Waals surface area contributed by atoms with Crippen molar-refractivity contribution in [2.45, 2.75) is 32.9 Å². The van der Waals surface area contributed by atoms with Gasteiger partial charge in [-0.3, -0.25) is 0 Å². The summed E-state index contributed by atoms with van der Waals surface area (Å²) < 4.78 is 5.40. The van der Waals surface area contributed by atoms with Gasteiger partial charge < -0.3 is 9.73 Å². The predicted molar refractivity (Wildman–Crippen MR) is 69.9 cm³/mol. The van der Waals surface area contributed by atoms with Crippen molar-refractivity contribution in [1.82, 2.24) is 5.32 Å². The van der Waals surface area contributed by atoms with Crippen molar-refractivity contribution in [1.29, 1.82) is 0 Å². The van der Waals surface area contributed by atoms with Crippen molar-refractivity contribution in [3.8, 4) is 0 Å². The first-order valence-corrected chi connectivity index (χ1v) is 6.03. The maximum atomic E-state index is 5.40. The van der Waals surface area contributed by atoms with Crippen molar-refractivity contribution in [2.75, 3.05) is 0 Å². The molecule has 0 saturated heterocycles. The Labute approximate surface area is 103 Å². The van der Waals surface area contributed by atoms with E-state index in [1.807, 2.05) is 12.1 Å². The van der Waals surface area contributed by atoms with E-state index >= 15 is 0 Å². The lowest BCUT2D eigenvalue weighted by Gasteiger charge is -2.20. The molecule has 2 aromatic rings. The van der Waals surface area contributed by atoms with Crippen LogP contribution in [0.25, 0.3) is 0 Å². The van der Waals surface area contributed by atoms with Gasteiger partial charge in [0.05, 0.1) is 12.3 Å². The first kappa shape index (κ1) is 11.9. The van der Waals surface area contributed by atoms with Crippen LogP contribution in [-0.2, 0) is 0 Å². The Bertz CT molecular complexity index is 462. The molecule has 0 spiro atoms. The zero-order valence-electron chi connectivity index (χ0n) is 10.6. The minimum Gasteiger partial charge on any atom is -0.468 e. The number of aryl methyl sites for hydroxylation is 1. The van der Waals surface area contributed by atoms with E-state index in [-0.39, 0.29) is 6.04 Å². The van der Waals surface area contributed by atoms with Crippen LogP contribution in [0.1, 0.15) is 42.8 Å². The molecule has 2 nitrogen and oxygen atoms in total. The van der Waals surface area contributed by atoms with E-state index in [0.29, 0.717) is 6.04 Å². The van der Waals surface area contributed by atoms with Crippen molar-refractivity contribution in [2.24, 2.45) is 0 Å². The number of hydrogen-bond acceptors (Lipinski definition) is 2. The molecule has 2 rings (SSSR count). The lowest BCUT2D eigenvalue weighted by atomic mass is 10.0. The van der Waals surface area contributed by atoms with E-state index < -0.39 is 0 Å². The maximum absolute atomic E-state index is 5.40. The van der Waals surface area contributed by atoms with Crippen LogP contribution in [0.2, 0.25) is 0 Å². The van der Waals surface area contributed by atoms with E-state index in [2.05, 4.69) is 50.4 Å².